The van der Waals surface area contributed by atoms with Crippen molar-refractivity contribution >= 4 is 5.97 Å². The fraction of sp³-hybridized carbons (Fsp3) is 0.833. The molecule has 0 fully saturated rings. The van der Waals surface area contributed by atoms with E-state index in [1.165, 1.54) is 116 Å². The summed E-state index contributed by atoms with van der Waals surface area (Å²) in [6.45, 7) is 5.40. The number of allylic oxidation sites excluding steroid dienone is 5. The van der Waals surface area contributed by atoms with E-state index in [4.69, 9.17) is 4.74 Å². The van der Waals surface area contributed by atoms with Gasteiger partial charge in [-0.3, -0.25) is 4.79 Å². The lowest BCUT2D eigenvalue weighted by Crippen LogP contribution is -2.20. The number of carbonyl (C=O) groups is 1. The van der Waals surface area contributed by atoms with Crippen molar-refractivity contribution in [1.29, 1.82) is 0 Å². The van der Waals surface area contributed by atoms with E-state index in [1.54, 1.807) is 0 Å². The van der Waals surface area contributed by atoms with E-state index in [9.17, 15) is 9.90 Å². The smallest absolute Gasteiger partial charge is 0.306 e. The molecule has 270 valence electrons. The number of hydrogen-bond acceptors (Lipinski definition) is 4. The van der Waals surface area contributed by atoms with Crippen molar-refractivity contribution in [3.63, 3.8) is 0 Å². The Kier molecular flexibility index (Phi) is 35.3. The fourth-order valence-electron chi connectivity index (χ4n) is 5.87. The van der Waals surface area contributed by atoms with Crippen molar-refractivity contribution in [1.82, 2.24) is 4.90 Å². The van der Waals surface area contributed by atoms with Gasteiger partial charge in [-0.1, -0.05) is 134 Å². The third-order valence-corrected chi connectivity index (χ3v) is 8.87. The maximum atomic E-state index is 12.5. The van der Waals surface area contributed by atoms with E-state index in [0.717, 1.165) is 64.3 Å². The molecule has 1 N–H and O–H groups in total. The number of esters is 1. The van der Waals surface area contributed by atoms with Gasteiger partial charge in [-0.25, -0.2) is 0 Å². The zero-order valence-corrected chi connectivity index (χ0v) is 31.3. The van der Waals surface area contributed by atoms with Crippen molar-refractivity contribution in [2.45, 2.75) is 206 Å². The number of hydrogen-bond donors (Lipinski definition) is 1. The molecule has 4 heteroatoms. The lowest BCUT2D eigenvalue weighted by atomic mass is 10.0. The molecule has 0 aliphatic heterocycles. The molecule has 46 heavy (non-hydrogen) atoms. The van der Waals surface area contributed by atoms with Gasteiger partial charge in [0.2, 0.25) is 0 Å². The Labute approximate surface area is 287 Å². The molecule has 0 rings (SSSR count). The molecule has 0 spiro atoms. The minimum absolute atomic E-state index is 0.00609. The summed E-state index contributed by atoms with van der Waals surface area (Å²) in [5.41, 5.74) is 0. The van der Waals surface area contributed by atoms with Gasteiger partial charge in [0.15, 0.2) is 0 Å². The van der Waals surface area contributed by atoms with Crippen LogP contribution in [0.2, 0.25) is 0 Å². The first-order valence-electron chi connectivity index (χ1n) is 20.0. The minimum atomic E-state index is -0.163. The maximum Gasteiger partial charge on any atom is 0.306 e. The van der Waals surface area contributed by atoms with Crippen LogP contribution in [0, 0.1) is 0 Å². The molecule has 0 amide bonds. The zero-order valence-electron chi connectivity index (χ0n) is 31.3. The van der Waals surface area contributed by atoms with Crippen LogP contribution in [0.5, 0.6) is 0 Å². The number of rotatable bonds is 35. The highest BCUT2D eigenvalue weighted by molar-refractivity contribution is 5.69. The van der Waals surface area contributed by atoms with E-state index in [1.807, 2.05) is 0 Å². The molecule has 0 saturated heterocycles. The zero-order chi connectivity index (χ0) is 33.8. The van der Waals surface area contributed by atoms with Crippen LogP contribution < -0.4 is 0 Å². The van der Waals surface area contributed by atoms with Gasteiger partial charge in [0, 0.05) is 6.42 Å². The molecule has 0 aromatic carbocycles. The average Bonchev–Trinajstić information content (AvgIpc) is 3.03. The highest BCUT2D eigenvalue weighted by Crippen LogP contribution is 2.18. The predicted molar refractivity (Wildman–Crippen MR) is 202 cm³/mol. The van der Waals surface area contributed by atoms with Gasteiger partial charge in [-0.15, -0.1) is 0 Å². The van der Waals surface area contributed by atoms with Crippen LogP contribution in [0.4, 0.5) is 0 Å². The first kappa shape index (κ1) is 44.6. The quantitative estimate of drug-likeness (QED) is 0.0423. The Bertz CT molecular complexity index is 714. The molecular weight excluding hydrogens is 566 g/mol. The van der Waals surface area contributed by atoms with Crippen molar-refractivity contribution < 1.29 is 14.6 Å². The van der Waals surface area contributed by atoms with Gasteiger partial charge in [0.25, 0.3) is 0 Å². The molecular formula is C42H79NO3. The van der Waals surface area contributed by atoms with Crippen molar-refractivity contribution in [3.8, 4) is 0 Å². The van der Waals surface area contributed by atoms with Gasteiger partial charge >= 0.3 is 5.97 Å². The molecule has 1 unspecified atom stereocenters. The second kappa shape index (κ2) is 36.4. The number of ether oxygens (including phenoxy) is 1. The highest BCUT2D eigenvalue weighted by atomic mass is 16.5. The van der Waals surface area contributed by atoms with Crippen molar-refractivity contribution in [3.05, 3.63) is 36.5 Å². The molecule has 0 aliphatic rings. The molecule has 0 aromatic heterocycles. The summed E-state index contributed by atoms with van der Waals surface area (Å²) in [6.07, 6.45) is 46.2. The fourth-order valence-corrected chi connectivity index (χ4v) is 5.87. The molecule has 0 aliphatic carbocycles. The van der Waals surface area contributed by atoms with E-state index in [0.29, 0.717) is 6.42 Å². The molecule has 4 nitrogen and oxygen atoms in total. The number of aliphatic hydroxyl groups is 1. The summed E-state index contributed by atoms with van der Waals surface area (Å²) in [4.78, 5) is 14.6. The lowest BCUT2D eigenvalue weighted by Gasteiger charge is -2.18. The Balaban J connectivity index is 4.04. The average molecular weight is 646 g/mol. The van der Waals surface area contributed by atoms with E-state index in [-0.39, 0.29) is 18.2 Å². The van der Waals surface area contributed by atoms with Crippen LogP contribution in [0.3, 0.4) is 0 Å². The molecule has 0 aromatic rings. The van der Waals surface area contributed by atoms with Crippen LogP contribution >= 0.6 is 0 Å². The molecule has 2 atom stereocenters. The lowest BCUT2D eigenvalue weighted by molar-refractivity contribution is -0.150. The van der Waals surface area contributed by atoms with Crippen LogP contribution in [-0.4, -0.2) is 48.8 Å². The number of aliphatic hydroxyl groups excluding tert-OH is 1. The number of nitrogens with zero attached hydrogens (tertiary/aromatic N) is 1. The SMILES string of the molecule is CCCCC/C=C\C/C=C\CCCCCCCCC(CCCCCCCC/C=C\C[C@H](O)CCCCC)OC(=O)CCCN(C)C. The molecule has 0 saturated carbocycles. The Morgan fingerprint density at radius 1 is 0.587 bits per heavy atom. The maximum absolute atomic E-state index is 12.5. The minimum Gasteiger partial charge on any atom is -0.462 e. The Hall–Kier alpha value is -1.39. The summed E-state index contributed by atoms with van der Waals surface area (Å²) >= 11 is 0. The second-order valence-electron chi connectivity index (χ2n) is 13.9. The summed E-state index contributed by atoms with van der Waals surface area (Å²) in [5, 5.41) is 10.0. The topological polar surface area (TPSA) is 49.8 Å². The second-order valence-corrected chi connectivity index (χ2v) is 13.9. The monoisotopic (exact) mass is 646 g/mol. The predicted octanol–water partition coefficient (Wildman–Crippen LogP) is 12.5. The Morgan fingerprint density at radius 3 is 1.59 bits per heavy atom. The molecule has 0 heterocycles. The third kappa shape index (κ3) is 35.5. The van der Waals surface area contributed by atoms with E-state index in [2.05, 4.69) is 69.3 Å². The number of carbonyl (C=O) groups excluding carboxylic acids is 1. The van der Waals surface area contributed by atoms with Crippen LogP contribution in [0.1, 0.15) is 194 Å². The van der Waals surface area contributed by atoms with Gasteiger partial charge in [-0.05, 0) is 111 Å². The van der Waals surface area contributed by atoms with Gasteiger partial charge < -0.3 is 14.7 Å². The normalized spacial score (nSPS) is 13.5. The third-order valence-electron chi connectivity index (χ3n) is 8.87. The number of unbranched alkanes of at least 4 members (excludes halogenated alkanes) is 17. The van der Waals surface area contributed by atoms with Crippen LogP contribution in [0.25, 0.3) is 0 Å². The van der Waals surface area contributed by atoms with Crippen molar-refractivity contribution in [2.24, 2.45) is 0 Å². The van der Waals surface area contributed by atoms with Gasteiger partial charge in [-0.2, -0.15) is 0 Å². The van der Waals surface area contributed by atoms with Crippen molar-refractivity contribution in [2.75, 3.05) is 20.6 Å². The first-order chi connectivity index (χ1) is 22.5. The Morgan fingerprint density at radius 2 is 1.04 bits per heavy atom. The molecule has 0 radical (unpaired) electrons. The summed E-state index contributed by atoms with van der Waals surface area (Å²) in [5.74, 6) is -0.00609. The van der Waals surface area contributed by atoms with Gasteiger partial charge in [0.05, 0.1) is 6.10 Å². The first-order valence-corrected chi connectivity index (χ1v) is 20.0. The van der Waals surface area contributed by atoms with Crippen LogP contribution in [0.15, 0.2) is 36.5 Å². The molecule has 0 bridgehead atoms. The standard InChI is InChI=1S/C42H79NO3/c1-5-7-9-10-11-12-13-14-15-16-17-18-21-24-27-31-36-41(46-42(45)38-33-39-43(3)4)37-32-28-25-22-19-20-23-26-30-35-40(44)34-29-8-6-2/h11-12,14-15,26,30,40-41,44H,5-10,13,16-25,27-29,31-39H2,1-4H3/b12-11-,15-14-,30-26-/t40-,41?/m1/s1. The largest absolute Gasteiger partial charge is 0.462 e. The van der Waals surface area contributed by atoms with Gasteiger partial charge in [0.1, 0.15) is 6.10 Å². The van der Waals surface area contributed by atoms with E-state index >= 15 is 0 Å². The summed E-state index contributed by atoms with van der Waals surface area (Å²) in [7, 11) is 4.11. The summed E-state index contributed by atoms with van der Waals surface area (Å²) < 4.78 is 5.99. The summed E-state index contributed by atoms with van der Waals surface area (Å²) in [6, 6.07) is 0. The highest BCUT2D eigenvalue weighted by Gasteiger charge is 2.14. The van der Waals surface area contributed by atoms with Crippen LogP contribution in [-0.2, 0) is 9.53 Å². The van der Waals surface area contributed by atoms with E-state index < -0.39 is 0 Å².